The number of carbonyl (C=O) groups is 3. The number of fused-ring (bicyclic) bond motifs is 1. The maximum atomic E-state index is 12.8. The van der Waals surface area contributed by atoms with Crippen LogP contribution in [0.25, 0.3) is 0 Å². The lowest BCUT2D eigenvalue weighted by Gasteiger charge is -2.56. The molecule has 1 aromatic carbocycles. The second-order valence-corrected chi connectivity index (χ2v) is 11.3. The maximum absolute atomic E-state index is 12.8. The molecule has 3 amide bonds. The molecule has 0 saturated heterocycles. The SMILES string of the molecule is O=C(CC12CC3CC(CC(C3)C1)C2)Nc1nnc(CCN2C(=O)c3ccccc3C2=O)s1. The molecule has 0 radical (unpaired) electrons. The van der Waals surface area contributed by atoms with E-state index in [9.17, 15) is 14.4 Å². The zero-order valence-electron chi connectivity index (χ0n) is 17.9. The van der Waals surface area contributed by atoms with Gasteiger partial charge in [-0.2, -0.15) is 0 Å². The third kappa shape index (κ3) is 3.45. The van der Waals surface area contributed by atoms with E-state index in [0.717, 1.165) is 17.8 Å². The van der Waals surface area contributed by atoms with Gasteiger partial charge in [0.05, 0.1) is 11.1 Å². The van der Waals surface area contributed by atoms with Gasteiger partial charge >= 0.3 is 0 Å². The molecule has 2 heterocycles. The van der Waals surface area contributed by atoms with E-state index in [0.29, 0.717) is 34.1 Å². The number of aromatic nitrogens is 2. The van der Waals surface area contributed by atoms with Crippen molar-refractivity contribution in [2.45, 2.75) is 51.4 Å². The summed E-state index contributed by atoms with van der Waals surface area (Å²) in [5, 5.41) is 12.4. The summed E-state index contributed by atoms with van der Waals surface area (Å²) in [6.07, 6.45) is 8.72. The number of imide groups is 1. The van der Waals surface area contributed by atoms with Gasteiger partial charge in [-0.15, -0.1) is 10.2 Å². The lowest BCUT2D eigenvalue weighted by molar-refractivity contribution is -0.124. The molecular formula is C24H26N4O3S. The first kappa shape index (κ1) is 20.0. The van der Waals surface area contributed by atoms with Crippen LogP contribution in [-0.2, 0) is 11.2 Å². The number of nitrogens with zero attached hydrogens (tertiary/aromatic N) is 3. The Kier molecular flexibility index (Phi) is 4.68. The van der Waals surface area contributed by atoms with Crippen molar-refractivity contribution < 1.29 is 14.4 Å². The molecule has 7 nitrogen and oxygen atoms in total. The van der Waals surface area contributed by atoms with E-state index >= 15 is 0 Å². The Labute approximate surface area is 190 Å². The van der Waals surface area contributed by atoms with Gasteiger partial charge in [-0.25, -0.2) is 0 Å². The van der Waals surface area contributed by atoms with Crippen molar-refractivity contribution in [3.05, 3.63) is 40.4 Å². The largest absolute Gasteiger partial charge is 0.301 e. The Morgan fingerprint density at radius 3 is 2.19 bits per heavy atom. The molecule has 4 fully saturated rings. The normalized spacial score (nSPS) is 30.1. The van der Waals surface area contributed by atoms with E-state index in [2.05, 4.69) is 15.5 Å². The van der Waals surface area contributed by atoms with E-state index in [1.807, 2.05) is 0 Å². The van der Waals surface area contributed by atoms with Gasteiger partial charge in [0.25, 0.3) is 11.8 Å². The fourth-order valence-corrected chi connectivity index (χ4v) is 7.81. The van der Waals surface area contributed by atoms with E-state index < -0.39 is 0 Å². The van der Waals surface area contributed by atoms with Gasteiger partial charge in [-0.1, -0.05) is 23.5 Å². The second kappa shape index (κ2) is 7.47. The monoisotopic (exact) mass is 450 g/mol. The molecule has 7 rings (SSSR count). The first-order valence-electron chi connectivity index (χ1n) is 11.6. The number of nitrogens with one attached hydrogen (secondary N) is 1. The third-order valence-electron chi connectivity index (χ3n) is 7.84. The minimum atomic E-state index is -0.265. The van der Waals surface area contributed by atoms with E-state index in [1.54, 1.807) is 24.3 Å². The number of benzene rings is 1. The van der Waals surface area contributed by atoms with Gasteiger partial charge in [-0.05, 0) is 73.8 Å². The first-order chi connectivity index (χ1) is 15.5. The quantitative estimate of drug-likeness (QED) is 0.674. The van der Waals surface area contributed by atoms with Crippen LogP contribution in [0.2, 0.25) is 0 Å². The molecule has 8 heteroatoms. The highest BCUT2D eigenvalue weighted by Crippen LogP contribution is 2.61. The van der Waals surface area contributed by atoms with Gasteiger partial charge in [0.1, 0.15) is 5.01 Å². The lowest BCUT2D eigenvalue weighted by Crippen LogP contribution is -2.47. The summed E-state index contributed by atoms with van der Waals surface area (Å²) in [5.74, 6) is 1.98. The molecule has 4 saturated carbocycles. The number of anilines is 1. The Bertz CT molecular complexity index is 1040. The molecule has 1 aliphatic heterocycles. The van der Waals surface area contributed by atoms with Crippen LogP contribution in [0.4, 0.5) is 5.13 Å². The molecule has 0 atom stereocenters. The molecule has 32 heavy (non-hydrogen) atoms. The Balaban J connectivity index is 1.05. The fourth-order valence-electron chi connectivity index (χ4n) is 7.07. The van der Waals surface area contributed by atoms with E-state index in [-0.39, 0.29) is 29.7 Å². The molecule has 1 aromatic heterocycles. The van der Waals surface area contributed by atoms with Crippen molar-refractivity contribution in [2.75, 3.05) is 11.9 Å². The molecular weight excluding hydrogens is 424 g/mol. The minimum Gasteiger partial charge on any atom is -0.301 e. The van der Waals surface area contributed by atoms with Gasteiger partial charge in [0, 0.05) is 19.4 Å². The van der Waals surface area contributed by atoms with Gasteiger partial charge < -0.3 is 5.32 Å². The second-order valence-electron chi connectivity index (χ2n) is 10.2. The molecule has 4 aliphatic carbocycles. The summed E-state index contributed by atoms with van der Waals surface area (Å²) in [6, 6.07) is 6.88. The maximum Gasteiger partial charge on any atom is 0.261 e. The standard InChI is InChI=1S/C24H26N4O3S/c29-19(13-24-10-14-7-15(11-24)9-16(8-14)12-24)25-23-27-26-20(32-23)5-6-28-21(30)17-3-1-2-4-18(17)22(28)31/h1-4,14-16H,5-13H2,(H,25,27,29). The highest BCUT2D eigenvalue weighted by Gasteiger charge is 2.51. The molecule has 5 aliphatic rings. The summed E-state index contributed by atoms with van der Waals surface area (Å²) in [4.78, 5) is 39.1. The molecule has 1 N–H and O–H groups in total. The summed E-state index contributed by atoms with van der Waals surface area (Å²) >= 11 is 1.32. The van der Waals surface area contributed by atoms with Gasteiger partial charge in [-0.3, -0.25) is 19.3 Å². The van der Waals surface area contributed by atoms with Crippen LogP contribution in [0.5, 0.6) is 0 Å². The predicted molar refractivity (Wildman–Crippen MR) is 119 cm³/mol. The molecule has 2 aromatic rings. The number of hydrogen-bond acceptors (Lipinski definition) is 6. The van der Waals surface area contributed by atoms with Gasteiger partial charge in [0.15, 0.2) is 0 Å². The number of amides is 3. The summed E-state index contributed by atoms with van der Waals surface area (Å²) in [7, 11) is 0. The number of rotatable bonds is 6. The Morgan fingerprint density at radius 1 is 1.00 bits per heavy atom. The van der Waals surface area contributed by atoms with Crippen LogP contribution in [0.3, 0.4) is 0 Å². The van der Waals surface area contributed by atoms with Crippen LogP contribution in [0.15, 0.2) is 24.3 Å². The third-order valence-corrected chi connectivity index (χ3v) is 8.74. The summed E-state index contributed by atoms with van der Waals surface area (Å²) in [5.41, 5.74) is 1.09. The predicted octanol–water partition coefficient (Wildman–Crippen LogP) is 3.92. The number of carbonyl (C=O) groups excluding carboxylic acids is 3. The van der Waals surface area contributed by atoms with Crippen molar-refractivity contribution in [1.82, 2.24) is 15.1 Å². The van der Waals surface area contributed by atoms with Crippen molar-refractivity contribution >= 4 is 34.2 Å². The van der Waals surface area contributed by atoms with Crippen LogP contribution < -0.4 is 5.32 Å². The Morgan fingerprint density at radius 2 is 1.59 bits per heavy atom. The van der Waals surface area contributed by atoms with Crippen LogP contribution >= 0.6 is 11.3 Å². The topological polar surface area (TPSA) is 92.3 Å². The van der Waals surface area contributed by atoms with Crippen LogP contribution in [0.1, 0.15) is 70.7 Å². The Hall–Kier alpha value is -2.61. The highest BCUT2D eigenvalue weighted by molar-refractivity contribution is 7.15. The minimum absolute atomic E-state index is 0.0370. The fraction of sp³-hybridized carbons (Fsp3) is 0.542. The summed E-state index contributed by atoms with van der Waals surface area (Å²) in [6.45, 7) is 0.252. The average Bonchev–Trinajstić information content (AvgIpc) is 3.28. The molecule has 0 spiro atoms. The lowest BCUT2D eigenvalue weighted by atomic mass is 9.49. The zero-order chi connectivity index (χ0) is 21.9. The van der Waals surface area contributed by atoms with Crippen molar-refractivity contribution in [3.63, 3.8) is 0 Å². The van der Waals surface area contributed by atoms with Crippen molar-refractivity contribution in [3.8, 4) is 0 Å². The van der Waals surface area contributed by atoms with E-state index in [4.69, 9.17) is 0 Å². The molecule has 0 unspecified atom stereocenters. The number of hydrogen-bond donors (Lipinski definition) is 1. The van der Waals surface area contributed by atoms with Crippen molar-refractivity contribution in [2.24, 2.45) is 23.2 Å². The van der Waals surface area contributed by atoms with Crippen LogP contribution in [0, 0.1) is 23.2 Å². The first-order valence-corrected chi connectivity index (χ1v) is 12.4. The van der Waals surface area contributed by atoms with E-state index in [1.165, 1.54) is 54.8 Å². The van der Waals surface area contributed by atoms with Gasteiger partial charge in [0.2, 0.25) is 11.0 Å². The summed E-state index contributed by atoms with van der Waals surface area (Å²) < 4.78 is 0. The highest BCUT2D eigenvalue weighted by atomic mass is 32.1. The average molecular weight is 451 g/mol. The zero-order valence-corrected chi connectivity index (χ0v) is 18.7. The molecule has 4 bridgehead atoms. The molecule has 166 valence electrons. The van der Waals surface area contributed by atoms with Crippen molar-refractivity contribution in [1.29, 1.82) is 0 Å². The smallest absolute Gasteiger partial charge is 0.261 e. The van der Waals surface area contributed by atoms with Crippen LogP contribution in [-0.4, -0.2) is 39.4 Å².